The van der Waals surface area contributed by atoms with Crippen molar-refractivity contribution in [2.75, 3.05) is 6.54 Å². The van der Waals surface area contributed by atoms with Gasteiger partial charge >= 0.3 is 0 Å². The Hall–Kier alpha value is -2.17. The number of hydrogen-bond acceptors (Lipinski definition) is 3. The molecule has 0 bridgehead atoms. The Morgan fingerprint density at radius 2 is 1.43 bits per heavy atom. The summed E-state index contributed by atoms with van der Waals surface area (Å²) in [6, 6.07) is 19.5. The van der Waals surface area contributed by atoms with E-state index in [2.05, 4.69) is 10.6 Å². The molecule has 0 aliphatic heterocycles. The zero-order valence-corrected chi connectivity index (χ0v) is 11.8. The summed E-state index contributed by atoms with van der Waals surface area (Å²) in [4.78, 5) is 11.8. The van der Waals surface area contributed by atoms with Crippen LogP contribution in [0.15, 0.2) is 60.7 Å². The van der Waals surface area contributed by atoms with Crippen LogP contribution >= 0.6 is 0 Å². The highest BCUT2D eigenvalue weighted by Gasteiger charge is 2.13. The highest BCUT2D eigenvalue weighted by molar-refractivity contribution is 5.80. The minimum atomic E-state index is -1.04. The lowest BCUT2D eigenvalue weighted by Crippen LogP contribution is -2.40. The van der Waals surface area contributed by atoms with Crippen LogP contribution in [0.25, 0.3) is 0 Å². The van der Waals surface area contributed by atoms with Gasteiger partial charge in [0.2, 0.25) is 5.91 Å². The van der Waals surface area contributed by atoms with Crippen molar-refractivity contribution in [1.29, 1.82) is 0 Å². The van der Waals surface area contributed by atoms with E-state index >= 15 is 0 Å². The van der Waals surface area contributed by atoms with Gasteiger partial charge in [0.1, 0.15) is 6.10 Å². The predicted octanol–water partition coefficient (Wildman–Crippen LogP) is 1.45. The minimum absolute atomic E-state index is 0.232. The molecule has 0 heterocycles. The van der Waals surface area contributed by atoms with E-state index in [1.54, 1.807) is 0 Å². The molecule has 2 aromatic rings. The summed E-state index contributed by atoms with van der Waals surface area (Å²) >= 11 is 0. The molecule has 0 saturated carbocycles. The summed E-state index contributed by atoms with van der Waals surface area (Å²) < 4.78 is 0. The molecule has 2 rings (SSSR count). The standard InChI is InChI=1S/C17H20N2O2/c20-16(13-18-11-14-7-3-1-4-8-14)17(21)19-12-15-9-5-2-6-10-15/h1-10,16,18,20H,11-13H2,(H,19,21). The number of aliphatic hydroxyl groups is 1. The number of carbonyl (C=O) groups is 1. The quantitative estimate of drug-likeness (QED) is 0.721. The number of rotatable bonds is 7. The van der Waals surface area contributed by atoms with Gasteiger partial charge < -0.3 is 15.7 Å². The highest BCUT2D eigenvalue weighted by atomic mass is 16.3. The Labute approximate surface area is 124 Å². The van der Waals surface area contributed by atoms with Crippen LogP contribution in [-0.4, -0.2) is 23.7 Å². The van der Waals surface area contributed by atoms with Gasteiger partial charge in [0, 0.05) is 19.6 Å². The van der Waals surface area contributed by atoms with Gasteiger partial charge in [-0.3, -0.25) is 4.79 Å². The molecular weight excluding hydrogens is 264 g/mol. The van der Waals surface area contributed by atoms with E-state index in [4.69, 9.17) is 0 Å². The molecule has 4 heteroatoms. The second-order valence-electron chi connectivity index (χ2n) is 4.84. The fraction of sp³-hybridized carbons (Fsp3) is 0.235. The first kappa shape index (κ1) is 15.2. The lowest BCUT2D eigenvalue weighted by atomic mass is 10.2. The molecule has 0 spiro atoms. The van der Waals surface area contributed by atoms with Gasteiger partial charge in [0.15, 0.2) is 0 Å². The highest BCUT2D eigenvalue weighted by Crippen LogP contribution is 1.99. The number of hydrogen-bond donors (Lipinski definition) is 3. The van der Waals surface area contributed by atoms with E-state index in [1.165, 1.54) is 0 Å². The number of carbonyl (C=O) groups excluding carboxylic acids is 1. The average Bonchev–Trinajstić information content (AvgIpc) is 2.54. The third kappa shape index (κ3) is 5.38. The van der Waals surface area contributed by atoms with E-state index < -0.39 is 6.10 Å². The van der Waals surface area contributed by atoms with Crippen LogP contribution in [0.4, 0.5) is 0 Å². The molecule has 21 heavy (non-hydrogen) atoms. The van der Waals surface area contributed by atoms with Crippen molar-refractivity contribution in [3.8, 4) is 0 Å². The third-order valence-corrected chi connectivity index (χ3v) is 3.12. The van der Waals surface area contributed by atoms with Gasteiger partial charge in [-0.25, -0.2) is 0 Å². The predicted molar refractivity (Wildman–Crippen MR) is 82.4 cm³/mol. The summed E-state index contributed by atoms with van der Waals surface area (Å²) in [6.45, 7) is 1.29. The molecule has 4 nitrogen and oxygen atoms in total. The molecule has 2 aromatic carbocycles. The zero-order valence-electron chi connectivity index (χ0n) is 11.8. The summed E-state index contributed by atoms with van der Waals surface area (Å²) in [5.74, 6) is -0.362. The summed E-state index contributed by atoms with van der Waals surface area (Å²) in [5.41, 5.74) is 2.13. The Bertz CT molecular complexity index is 543. The van der Waals surface area contributed by atoms with Crippen LogP contribution in [0.3, 0.4) is 0 Å². The second-order valence-corrected chi connectivity index (χ2v) is 4.84. The first-order valence-electron chi connectivity index (χ1n) is 7.00. The second kappa shape index (κ2) is 8.19. The van der Waals surface area contributed by atoms with Gasteiger partial charge in [-0.15, -0.1) is 0 Å². The number of amides is 1. The molecular formula is C17H20N2O2. The minimum Gasteiger partial charge on any atom is -0.382 e. The first-order chi connectivity index (χ1) is 10.3. The van der Waals surface area contributed by atoms with Gasteiger partial charge in [0.25, 0.3) is 0 Å². The molecule has 1 amide bonds. The molecule has 0 aliphatic rings. The fourth-order valence-electron chi connectivity index (χ4n) is 1.94. The van der Waals surface area contributed by atoms with Crippen LogP contribution in [-0.2, 0) is 17.9 Å². The topological polar surface area (TPSA) is 61.4 Å². The molecule has 0 saturated heterocycles. The smallest absolute Gasteiger partial charge is 0.250 e. The van der Waals surface area contributed by atoms with Gasteiger partial charge in [-0.05, 0) is 11.1 Å². The first-order valence-corrected chi connectivity index (χ1v) is 7.00. The Morgan fingerprint density at radius 1 is 0.905 bits per heavy atom. The van der Waals surface area contributed by atoms with Gasteiger partial charge in [-0.1, -0.05) is 60.7 Å². The van der Waals surface area contributed by atoms with Crippen LogP contribution in [0.1, 0.15) is 11.1 Å². The summed E-state index contributed by atoms with van der Waals surface area (Å²) in [6.07, 6.45) is -1.04. The number of nitrogens with one attached hydrogen (secondary N) is 2. The maximum absolute atomic E-state index is 11.8. The van der Waals surface area contributed by atoms with Crippen molar-refractivity contribution in [2.24, 2.45) is 0 Å². The van der Waals surface area contributed by atoms with E-state index in [0.717, 1.165) is 11.1 Å². The van der Waals surface area contributed by atoms with Crippen molar-refractivity contribution < 1.29 is 9.90 Å². The van der Waals surface area contributed by atoms with Crippen molar-refractivity contribution in [3.05, 3.63) is 71.8 Å². The average molecular weight is 284 g/mol. The van der Waals surface area contributed by atoms with Gasteiger partial charge in [-0.2, -0.15) is 0 Å². The number of aliphatic hydroxyl groups excluding tert-OH is 1. The van der Waals surface area contributed by atoms with E-state index in [0.29, 0.717) is 13.1 Å². The van der Waals surface area contributed by atoms with Crippen molar-refractivity contribution in [2.45, 2.75) is 19.2 Å². The molecule has 1 atom stereocenters. The van der Waals surface area contributed by atoms with E-state index in [-0.39, 0.29) is 12.5 Å². The van der Waals surface area contributed by atoms with E-state index in [9.17, 15) is 9.90 Å². The molecule has 0 aromatic heterocycles. The summed E-state index contributed by atoms with van der Waals surface area (Å²) in [5, 5.41) is 15.6. The van der Waals surface area contributed by atoms with Crippen molar-refractivity contribution in [3.63, 3.8) is 0 Å². The lowest BCUT2D eigenvalue weighted by Gasteiger charge is -2.12. The molecule has 0 radical (unpaired) electrons. The van der Waals surface area contributed by atoms with Crippen LogP contribution in [0.2, 0.25) is 0 Å². The van der Waals surface area contributed by atoms with E-state index in [1.807, 2.05) is 60.7 Å². The largest absolute Gasteiger partial charge is 0.382 e. The monoisotopic (exact) mass is 284 g/mol. The maximum Gasteiger partial charge on any atom is 0.250 e. The van der Waals surface area contributed by atoms with Gasteiger partial charge in [0.05, 0.1) is 0 Å². The molecule has 1 unspecified atom stereocenters. The fourth-order valence-corrected chi connectivity index (χ4v) is 1.94. The van der Waals surface area contributed by atoms with Crippen molar-refractivity contribution >= 4 is 5.91 Å². The Balaban J connectivity index is 1.68. The summed E-state index contributed by atoms with van der Waals surface area (Å²) in [7, 11) is 0. The van der Waals surface area contributed by atoms with Crippen LogP contribution < -0.4 is 10.6 Å². The normalized spacial score (nSPS) is 11.9. The molecule has 0 aliphatic carbocycles. The Morgan fingerprint density at radius 3 is 2.00 bits per heavy atom. The molecule has 3 N–H and O–H groups in total. The SMILES string of the molecule is O=C(NCc1ccccc1)C(O)CNCc1ccccc1. The lowest BCUT2D eigenvalue weighted by molar-refractivity contribution is -0.129. The Kier molecular flexibility index (Phi) is 5.94. The van der Waals surface area contributed by atoms with Crippen molar-refractivity contribution in [1.82, 2.24) is 10.6 Å². The zero-order chi connectivity index (χ0) is 14.9. The number of benzene rings is 2. The molecule has 110 valence electrons. The third-order valence-electron chi connectivity index (χ3n) is 3.12. The maximum atomic E-state index is 11.8. The molecule has 0 fully saturated rings. The van der Waals surface area contributed by atoms with Crippen LogP contribution in [0.5, 0.6) is 0 Å². The van der Waals surface area contributed by atoms with Crippen LogP contribution in [0, 0.1) is 0 Å².